The number of fused-ring (bicyclic) bond motifs is 1. The number of thioether (sulfide) groups is 1. The van der Waals surface area contributed by atoms with Gasteiger partial charge in [-0.3, -0.25) is 4.99 Å². The zero-order chi connectivity index (χ0) is 19.2. The first kappa shape index (κ1) is 19.1. The van der Waals surface area contributed by atoms with Crippen LogP contribution in [0.2, 0.25) is 10.0 Å². The third-order valence-corrected chi connectivity index (χ3v) is 8.02. The van der Waals surface area contributed by atoms with Crippen LogP contribution in [0.4, 0.5) is 10.1 Å². The predicted molar refractivity (Wildman–Crippen MR) is 110 cm³/mol. The van der Waals surface area contributed by atoms with E-state index in [1.807, 2.05) is 4.90 Å². The van der Waals surface area contributed by atoms with Gasteiger partial charge >= 0.3 is 0 Å². The van der Waals surface area contributed by atoms with Crippen molar-refractivity contribution in [3.05, 3.63) is 63.9 Å². The zero-order valence-electron chi connectivity index (χ0n) is 14.0. The van der Waals surface area contributed by atoms with Gasteiger partial charge in [0.05, 0.1) is 23.6 Å². The summed E-state index contributed by atoms with van der Waals surface area (Å²) in [4.78, 5) is 6.54. The Morgan fingerprint density at radius 1 is 1.11 bits per heavy atom. The molecule has 0 N–H and O–H groups in total. The van der Waals surface area contributed by atoms with E-state index in [-0.39, 0.29) is 29.4 Å². The van der Waals surface area contributed by atoms with E-state index in [1.165, 1.54) is 23.9 Å². The van der Waals surface area contributed by atoms with Crippen LogP contribution >= 0.6 is 35.0 Å². The van der Waals surface area contributed by atoms with Crippen LogP contribution in [0.3, 0.4) is 0 Å². The van der Waals surface area contributed by atoms with Gasteiger partial charge in [0.1, 0.15) is 5.82 Å². The van der Waals surface area contributed by atoms with Gasteiger partial charge in [-0.15, -0.1) is 0 Å². The van der Waals surface area contributed by atoms with Crippen molar-refractivity contribution in [3.63, 3.8) is 0 Å². The number of hydrogen-bond donors (Lipinski definition) is 0. The Balaban J connectivity index is 1.64. The van der Waals surface area contributed by atoms with E-state index in [0.29, 0.717) is 21.0 Å². The summed E-state index contributed by atoms with van der Waals surface area (Å²) < 4.78 is 37.4. The Bertz CT molecular complexity index is 992. The molecule has 1 fully saturated rings. The lowest BCUT2D eigenvalue weighted by atomic mass is 10.1. The summed E-state index contributed by atoms with van der Waals surface area (Å²) in [6, 6.07) is 10.7. The number of nitrogens with zero attached hydrogens (tertiary/aromatic N) is 2. The maximum Gasteiger partial charge on any atom is 0.164 e. The zero-order valence-corrected chi connectivity index (χ0v) is 17.1. The minimum absolute atomic E-state index is 0.0340. The molecule has 2 heterocycles. The third kappa shape index (κ3) is 3.83. The molecule has 142 valence electrons. The summed E-state index contributed by atoms with van der Waals surface area (Å²) in [6.45, 7) is 0. The number of hydrogen-bond acceptors (Lipinski definition) is 5. The molecule has 0 spiro atoms. The van der Waals surface area contributed by atoms with Crippen LogP contribution in [0.5, 0.6) is 0 Å². The van der Waals surface area contributed by atoms with Crippen molar-refractivity contribution in [2.45, 2.75) is 17.8 Å². The number of anilines is 1. The molecular formula is C18H15Cl2FN2O2S2. The van der Waals surface area contributed by atoms with Gasteiger partial charge in [0.2, 0.25) is 0 Å². The SMILES string of the molecule is O=S1(=O)CC2N=C(SCc3c(Cl)cccc3Cl)N(c3ccc(F)cc3)C2C1. The van der Waals surface area contributed by atoms with Crippen molar-refractivity contribution in [3.8, 4) is 0 Å². The highest BCUT2D eigenvalue weighted by molar-refractivity contribution is 8.13. The average molecular weight is 445 g/mol. The van der Waals surface area contributed by atoms with Crippen LogP contribution in [0.15, 0.2) is 47.5 Å². The first-order chi connectivity index (χ1) is 12.8. The standard InChI is InChI=1S/C18H15Cl2FN2O2S2/c19-14-2-1-3-15(20)13(14)8-26-18-22-16-9-27(24,25)10-17(16)23(18)12-6-4-11(21)5-7-12/h1-7,16-17H,8-10H2. The summed E-state index contributed by atoms with van der Waals surface area (Å²) in [6.07, 6.45) is 0. The molecule has 4 nitrogen and oxygen atoms in total. The summed E-state index contributed by atoms with van der Waals surface area (Å²) in [5.41, 5.74) is 1.52. The third-order valence-electron chi connectivity index (χ3n) is 4.62. The molecule has 2 aromatic carbocycles. The van der Waals surface area contributed by atoms with E-state index < -0.39 is 9.84 Å². The lowest BCUT2D eigenvalue weighted by Gasteiger charge is -2.26. The van der Waals surface area contributed by atoms with Crippen molar-refractivity contribution >= 4 is 55.7 Å². The number of rotatable bonds is 3. The molecule has 27 heavy (non-hydrogen) atoms. The van der Waals surface area contributed by atoms with Gasteiger partial charge in [0.25, 0.3) is 0 Å². The first-order valence-electron chi connectivity index (χ1n) is 8.23. The van der Waals surface area contributed by atoms with E-state index in [2.05, 4.69) is 4.99 Å². The van der Waals surface area contributed by atoms with Crippen molar-refractivity contribution in [1.29, 1.82) is 0 Å². The monoisotopic (exact) mass is 444 g/mol. The molecule has 0 aliphatic carbocycles. The number of halogens is 3. The van der Waals surface area contributed by atoms with Crippen LogP contribution in [0.1, 0.15) is 5.56 Å². The minimum Gasteiger partial charge on any atom is -0.315 e. The maximum atomic E-state index is 13.3. The van der Waals surface area contributed by atoms with E-state index in [1.54, 1.807) is 30.3 Å². The lowest BCUT2D eigenvalue weighted by molar-refractivity contribution is 0.601. The number of sulfone groups is 1. The van der Waals surface area contributed by atoms with Crippen LogP contribution < -0.4 is 4.90 Å². The van der Waals surface area contributed by atoms with Crippen molar-refractivity contribution in [2.24, 2.45) is 4.99 Å². The topological polar surface area (TPSA) is 49.7 Å². The highest BCUT2D eigenvalue weighted by Gasteiger charge is 2.47. The number of amidine groups is 1. The van der Waals surface area contributed by atoms with Gasteiger partial charge in [-0.2, -0.15) is 0 Å². The lowest BCUT2D eigenvalue weighted by Crippen LogP contribution is -2.39. The molecule has 0 bridgehead atoms. The largest absolute Gasteiger partial charge is 0.315 e. The summed E-state index contributed by atoms with van der Waals surface area (Å²) in [5.74, 6) is 0.227. The Hall–Kier alpha value is -1.28. The Morgan fingerprint density at radius 3 is 2.44 bits per heavy atom. The number of aliphatic imine (C=N–C) groups is 1. The molecule has 0 aromatic heterocycles. The maximum absolute atomic E-state index is 13.3. The van der Waals surface area contributed by atoms with Crippen molar-refractivity contribution in [1.82, 2.24) is 0 Å². The molecule has 0 amide bonds. The van der Waals surface area contributed by atoms with Gasteiger partial charge < -0.3 is 4.90 Å². The second-order valence-corrected chi connectivity index (χ2v) is 10.4. The van der Waals surface area contributed by atoms with Crippen LogP contribution in [-0.4, -0.2) is 37.2 Å². The fourth-order valence-electron chi connectivity index (χ4n) is 3.34. The second-order valence-electron chi connectivity index (χ2n) is 6.46. The summed E-state index contributed by atoms with van der Waals surface area (Å²) in [5, 5.41) is 1.84. The van der Waals surface area contributed by atoms with Gasteiger partial charge in [-0.25, -0.2) is 12.8 Å². The molecule has 1 saturated heterocycles. The molecule has 0 saturated carbocycles. The Morgan fingerprint density at radius 2 is 1.78 bits per heavy atom. The molecular weight excluding hydrogens is 430 g/mol. The molecule has 2 aromatic rings. The highest BCUT2D eigenvalue weighted by atomic mass is 35.5. The molecule has 2 aliphatic heterocycles. The van der Waals surface area contributed by atoms with E-state index in [0.717, 1.165) is 11.3 Å². The molecule has 4 rings (SSSR count). The van der Waals surface area contributed by atoms with Crippen molar-refractivity contribution < 1.29 is 12.8 Å². The smallest absolute Gasteiger partial charge is 0.164 e. The Labute approximate surface area is 171 Å². The molecule has 2 unspecified atom stereocenters. The fraction of sp³-hybridized carbons (Fsp3) is 0.278. The molecule has 2 aliphatic rings. The second kappa shape index (κ2) is 7.28. The van der Waals surface area contributed by atoms with Crippen LogP contribution in [0.25, 0.3) is 0 Å². The van der Waals surface area contributed by atoms with Crippen LogP contribution in [0, 0.1) is 5.82 Å². The number of benzene rings is 2. The fourth-order valence-corrected chi connectivity index (χ4v) is 7.05. The molecule has 0 radical (unpaired) electrons. The first-order valence-corrected chi connectivity index (χ1v) is 11.8. The normalized spacial score (nSPS) is 23.4. The van der Waals surface area contributed by atoms with Gasteiger partial charge in [-0.05, 0) is 42.0 Å². The minimum atomic E-state index is -3.13. The van der Waals surface area contributed by atoms with E-state index >= 15 is 0 Å². The highest BCUT2D eigenvalue weighted by Crippen LogP contribution is 2.37. The van der Waals surface area contributed by atoms with Gasteiger partial charge in [-0.1, -0.05) is 41.0 Å². The molecule has 9 heteroatoms. The molecule has 2 atom stereocenters. The van der Waals surface area contributed by atoms with E-state index in [4.69, 9.17) is 23.2 Å². The summed E-state index contributed by atoms with van der Waals surface area (Å²) in [7, 11) is -3.13. The van der Waals surface area contributed by atoms with Crippen LogP contribution in [-0.2, 0) is 15.6 Å². The average Bonchev–Trinajstić information content (AvgIpc) is 3.06. The predicted octanol–water partition coefficient (Wildman–Crippen LogP) is 4.41. The quantitative estimate of drug-likeness (QED) is 0.703. The van der Waals surface area contributed by atoms with Gasteiger partial charge in [0, 0.05) is 21.5 Å². The van der Waals surface area contributed by atoms with E-state index in [9.17, 15) is 12.8 Å². The Kier molecular flexibility index (Phi) is 5.14. The summed E-state index contributed by atoms with van der Waals surface area (Å²) >= 11 is 13.9. The van der Waals surface area contributed by atoms with Gasteiger partial charge in [0.15, 0.2) is 15.0 Å². The van der Waals surface area contributed by atoms with Crippen molar-refractivity contribution in [2.75, 3.05) is 16.4 Å².